The normalized spacial score (nSPS) is 34.5. The van der Waals surface area contributed by atoms with Crippen molar-refractivity contribution in [1.82, 2.24) is 10.6 Å². The molecule has 3 nitrogen and oxygen atoms in total. The van der Waals surface area contributed by atoms with E-state index in [1.807, 2.05) is 11.8 Å². The Hall–Kier alpha value is -0.220. The first-order chi connectivity index (χ1) is 7.55. The van der Waals surface area contributed by atoms with Crippen LogP contribution in [0.2, 0.25) is 0 Å². The molecular weight excluding hydrogens is 220 g/mol. The van der Waals surface area contributed by atoms with Gasteiger partial charge in [-0.05, 0) is 24.0 Å². The van der Waals surface area contributed by atoms with Gasteiger partial charge in [-0.25, -0.2) is 0 Å². The van der Waals surface area contributed by atoms with Gasteiger partial charge in [0.2, 0.25) is 5.91 Å². The molecule has 0 aromatic carbocycles. The molecule has 0 saturated carbocycles. The molecule has 0 spiro atoms. The maximum absolute atomic E-state index is 11.1. The highest BCUT2D eigenvalue weighted by Crippen LogP contribution is 2.33. The van der Waals surface area contributed by atoms with Crippen molar-refractivity contribution in [3.8, 4) is 0 Å². The highest BCUT2D eigenvalue weighted by molar-refractivity contribution is 7.99. The maximum atomic E-state index is 11.1. The molecule has 2 heterocycles. The van der Waals surface area contributed by atoms with Crippen molar-refractivity contribution >= 4 is 17.7 Å². The lowest BCUT2D eigenvalue weighted by atomic mass is 9.87. The van der Waals surface area contributed by atoms with Gasteiger partial charge in [0.05, 0.1) is 0 Å². The summed E-state index contributed by atoms with van der Waals surface area (Å²) in [4.78, 5) is 11.1. The summed E-state index contributed by atoms with van der Waals surface area (Å²) < 4.78 is 0. The summed E-state index contributed by atoms with van der Waals surface area (Å²) >= 11 is 2.05. The largest absolute Gasteiger partial charge is 0.355 e. The standard InChI is InChI=1S/C12H22N2OS/c1-12(2)5-10(7-16-8-12)14-9-3-4-11(15)13-6-9/h9-10,14H,3-8H2,1-2H3,(H,13,15). The molecule has 4 heteroatoms. The number of hydrogen-bond donors (Lipinski definition) is 2. The molecule has 2 rings (SSSR count). The Labute approximate surface area is 102 Å². The van der Waals surface area contributed by atoms with Crippen LogP contribution in [0.25, 0.3) is 0 Å². The Balaban J connectivity index is 1.78. The predicted octanol–water partition coefficient (Wildman–Crippen LogP) is 1.39. The van der Waals surface area contributed by atoms with Gasteiger partial charge in [0.1, 0.15) is 0 Å². The van der Waals surface area contributed by atoms with Crippen LogP contribution in [0.15, 0.2) is 0 Å². The van der Waals surface area contributed by atoms with Gasteiger partial charge in [0, 0.05) is 30.8 Å². The van der Waals surface area contributed by atoms with Gasteiger partial charge in [-0.2, -0.15) is 11.8 Å². The number of hydrogen-bond acceptors (Lipinski definition) is 3. The molecule has 1 amide bonds. The number of thioether (sulfide) groups is 1. The Morgan fingerprint density at radius 1 is 1.44 bits per heavy atom. The second kappa shape index (κ2) is 4.96. The van der Waals surface area contributed by atoms with E-state index in [0.717, 1.165) is 13.0 Å². The number of piperidine rings is 1. The van der Waals surface area contributed by atoms with Crippen molar-refractivity contribution in [3.63, 3.8) is 0 Å². The first kappa shape index (κ1) is 12.2. The van der Waals surface area contributed by atoms with E-state index in [1.54, 1.807) is 0 Å². The third kappa shape index (κ3) is 3.39. The highest BCUT2D eigenvalue weighted by Gasteiger charge is 2.30. The third-order valence-electron chi connectivity index (χ3n) is 3.35. The average Bonchev–Trinajstić information content (AvgIpc) is 2.20. The number of rotatable bonds is 2. The molecule has 2 saturated heterocycles. The average molecular weight is 242 g/mol. The van der Waals surface area contributed by atoms with Crippen LogP contribution in [0.1, 0.15) is 33.1 Å². The fourth-order valence-electron chi connectivity index (χ4n) is 2.58. The molecule has 0 bridgehead atoms. The van der Waals surface area contributed by atoms with Crippen molar-refractivity contribution in [2.45, 2.75) is 45.2 Å². The van der Waals surface area contributed by atoms with Gasteiger partial charge in [-0.3, -0.25) is 4.79 Å². The number of carbonyl (C=O) groups is 1. The van der Waals surface area contributed by atoms with Crippen molar-refractivity contribution in [1.29, 1.82) is 0 Å². The summed E-state index contributed by atoms with van der Waals surface area (Å²) in [6, 6.07) is 1.10. The summed E-state index contributed by atoms with van der Waals surface area (Å²) in [7, 11) is 0. The SMILES string of the molecule is CC1(C)CSCC(NC2CCC(=O)NC2)C1. The van der Waals surface area contributed by atoms with E-state index in [0.29, 0.717) is 23.9 Å². The molecular formula is C12H22N2OS. The second-order valence-corrected chi connectivity index (χ2v) is 6.82. The molecule has 0 radical (unpaired) electrons. The van der Waals surface area contributed by atoms with E-state index in [-0.39, 0.29) is 5.91 Å². The molecule has 2 aliphatic heterocycles. The zero-order chi connectivity index (χ0) is 11.6. The molecule has 0 aliphatic carbocycles. The van der Waals surface area contributed by atoms with E-state index in [4.69, 9.17) is 0 Å². The molecule has 16 heavy (non-hydrogen) atoms. The van der Waals surface area contributed by atoms with Crippen LogP contribution in [-0.4, -0.2) is 36.0 Å². The predicted molar refractivity (Wildman–Crippen MR) is 68.7 cm³/mol. The smallest absolute Gasteiger partial charge is 0.220 e. The van der Waals surface area contributed by atoms with Gasteiger partial charge in [-0.15, -0.1) is 0 Å². The lowest BCUT2D eigenvalue weighted by Crippen LogP contribution is -2.52. The quantitative estimate of drug-likeness (QED) is 0.769. The molecule has 2 aliphatic rings. The number of nitrogens with one attached hydrogen (secondary N) is 2. The monoisotopic (exact) mass is 242 g/mol. The molecule has 2 fully saturated rings. The Morgan fingerprint density at radius 2 is 2.25 bits per heavy atom. The number of carbonyl (C=O) groups excluding carboxylic acids is 1. The van der Waals surface area contributed by atoms with Crippen LogP contribution < -0.4 is 10.6 Å². The number of amides is 1. The zero-order valence-electron chi connectivity index (χ0n) is 10.2. The molecule has 2 unspecified atom stereocenters. The Morgan fingerprint density at radius 3 is 2.88 bits per heavy atom. The molecule has 0 aromatic heterocycles. The minimum Gasteiger partial charge on any atom is -0.355 e. The summed E-state index contributed by atoms with van der Waals surface area (Å²) in [5.41, 5.74) is 0.457. The fourth-order valence-corrected chi connectivity index (χ4v) is 3.86. The minimum absolute atomic E-state index is 0.205. The minimum atomic E-state index is 0.205. The van der Waals surface area contributed by atoms with Gasteiger partial charge in [0.15, 0.2) is 0 Å². The second-order valence-electron chi connectivity index (χ2n) is 5.79. The fraction of sp³-hybridized carbons (Fsp3) is 0.917. The van der Waals surface area contributed by atoms with Crippen molar-refractivity contribution < 1.29 is 4.79 Å². The van der Waals surface area contributed by atoms with Crippen LogP contribution in [0, 0.1) is 5.41 Å². The molecule has 2 atom stereocenters. The summed E-state index contributed by atoms with van der Waals surface area (Å²) in [5.74, 6) is 2.69. The van der Waals surface area contributed by atoms with E-state index in [9.17, 15) is 4.79 Å². The molecule has 0 aromatic rings. The summed E-state index contributed by atoms with van der Waals surface area (Å²) in [6.45, 7) is 5.49. The lowest BCUT2D eigenvalue weighted by molar-refractivity contribution is -0.122. The first-order valence-corrected chi connectivity index (χ1v) is 7.31. The summed E-state index contributed by atoms with van der Waals surface area (Å²) in [6.07, 6.45) is 2.93. The molecule has 2 N–H and O–H groups in total. The van der Waals surface area contributed by atoms with E-state index in [1.165, 1.54) is 17.9 Å². The zero-order valence-corrected chi connectivity index (χ0v) is 11.0. The Bertz CT molecular complexity index is 258. The van der Waals surface area contributed by atoms with E-state index in [2.05, 4.69) is 24.5 Å². The van der Waals surface area contributed by atoms with Crippen LogP contribution in [0.3, 0.4) is 0 Å². The van der Waals surface area contributed by atoms with Gasteiger partial charge in [0.25, 0.3) is 0 Å². The highest BCUT2D eigenvalue weighted by atomic mass is 32.2. The van der Waals surface area contributed by atoms with Crippen molar-refractivity contribution in [2.75, 3.05) is 18.1 Å². The van der Waals surface area contributed by atoms with Gasteiger partial charge < -0.3 is 10.6 Å². The van der Waals surface area contributed by atoms with Crippen LogP contribution in [0.4, 0.5) is 0 Å². The van der Waals surface area contributed by atoms with Crippen LogP contribution >= 0.6 is 11.8 Å². The Kier molecular flexibility index (Phi) is 3.80. The van der Waals surface area contributed by atoms with Crippen LogP contribution in [0.5, 0.6) is 0 Å². The summed E-state index contributed by atoms with van der Waals surface area (Å²) in [5, 5.41) is 6.63. The maximum Gasteiger partial charge on any atom is 0.220 e. The molecule has 92 valence electrons. The van der Waals surface area contributed by atoms with Gasteiger partial charge >= 0.3 is 0 Å². The van der Waals surface area contributed by atoms with Gasteiger partial charge in [-0.1, -0.05) is 13.8 Å². The van der Waals surface area contributed by atoms with Crippen molar-refractivity contribution in [2.24, 2.45) is 5.41 Å². The van der Waals surface area contributed by atoms with E-state index >= 15 is 0 Å². The lowest BCUT2D eigenvalue weighted by Gasteiger charge is -2.37. The van der Waals surface area contributed by atoms with E-state index < -0.39 is 0 Å². The third-order valence-corrected chi connectivity index (χ3v) is 4.97. The topological polar surface area (TPSA) is 41.1 Å². The van der Waals surface area contributed by atoms with Crippen molar-refractivity contribution in [3.05, 3.63) is 0 Å². The first-order valence-electron chi connectivity index (χ1n) is 6.16. The van der Waals surface area contributed by atoms with Crippen LogP contribution in [-0.2, 0) is 4.79 Å².